The van der Waals surface area contributed by atoms with Crippen LogP contribution in [0.5, 0.6) is 11.5 Å². The Morgan fingerprint density at radius 2 is 2.15 bits per heavy atom. The van der Waals surface area contributed by atoms with Crippen LogP contribution in [0.2, 0.25) is 0 Å². The third-order valence-corrected chi connectivity index (χ3v) is 1.99. The molecule has 13 heavy (non-hydrogen) atoms. The number of hydrogen-bond donors (Lipinski definition) is 1. The maximum atomic E-state index is 8.42. The highest BCUT2D eigenvalue weighted by Crippen LogP contribution is 2.32. The van der Waals surface area contributed by atoms with Crippen LogP contribution in [0.4, 0.5) is 0 Å². The standard InChI is InChI=1S/C8H6ClNO3/c9-8(10-11)5-1-2-6-7(3-5)13-4-12-6/h1-3,11H,4H2/b10-8-. The fourth-order valence-corrected chi connectivity index (χ4v) is 1.20. The molecule has 0 radical (unpaired) electrons. The quantitative estimate of drug-likeness (QED) is 0.426. The molecule has 0 aliphatic carbocycles. The number of benzene rings is 1. The topological polar surface area (TPSA) is 51.1 Å². The van der Waals surface area contributed by atoms with Crippen LogP contribution in [-0.2, 0) is 0 Å². The van der Waals surface area contributed by atoms with E-state index >= 15 is 0 Å². The summed E-state index contributed by atoms with van der Waals surface area (Å²) in [6, 6.07) is 5.06. The van der Waals surface area contributed by atoms with Crippen LogP contribution in [0.3, 0.4) is 0 Å². The average Bonchev–Trinajstić information content (AvgIpc) is 2.63. The number of oxime groups is 1. The van der Waals surface area contributed by atoms with Gasteiger partial charge in [0.2, 0.25) is 6.79 Å². The third kappa shape index (κ3) is 1.40. The van der Waals surface area contributed by atoms with Crippen molar-refractivity contribution in [2.24, 2.45) is 5.16 Å². The number of fused-ring (bicyclic) bond motifs is 1. The molecule has 0 aromatic heterocycles. The van der Waals surface area contributed by atoms with Crippen molar-refractivity contribution < 1.29 is 14.7 Å². The van der Waals surface area contributed by atoms with Crippen molar-refractivity contribution in [3.05, 3.63) is 23.8 Å². The predicted molar refractivity (Wildman–Crippen MR) is 46.7 cm³/mol. The van der Waals surface area contributed by atoms with Crippen LogP contribution in [0.1, 0.15) is 5.56 Å². The zero-order valence-corrected chi connectivity index (χ0v) is 7.28. The van der Waals surface area contributed by atoms with Crippen LogP contribution >= 0.6 is 11.6 Å². The SMILES string of the molecule is O/N=C(\Cl)c1ccc2c(c1)OCO2. The van der Waals surface area contributed by atoms with Gasteiger partial charge in [0.05, 0.1) is 0 Å². The van der Waals surface area contributed by atoms with E-state index in [2.05, 4.69) is 5.16 Å². The molecule has 0 atom stereocenters. The highest BCUT2D eigenvalue weighted by molar-refractivity contribution is 6.69. The second-order valence-electron chi connectivity index (χ2n) is 2.46. The van der Waals surface area contributed by atoms with Crippen LogP contribution in [0, 0.1) is 0 Å². The normalized spacial score (nSPS) is 14.7. The lowest BCUT2D eigenvalue weighted by Gasteiger charge is -1.98. The molecular weight excluding hydrogens is 194 g/mol. The minimum absolute atomic E-state index is 0.0262. The van der Waals surface area contributed by atoms with Crippen LogP contribution < -0.4 is 9.47 Å². The molecule has 0 fully saturated rings. The molecule has 1 aromatic carbocycles. The lowest BCUT2D eigenvalue weighted by Crippen LogP contribution is -1.93. The molecule has 0 bridgehead atoms. The maximum Gasteiger partial charge on any atom is 0.231 e. The van der Waals surface area contributed by atoms with Gasteiger partial charge in [-0.3, -0.25) is 0 Å². The smallest absolute Gasteiger partial charge is 0.231 e. The summed E-state index contributed by atoms with van der Waals surface area (Å²) in [5.41, 5.74) is 0.591. The van der Waals surface area contributed by atoms with Crippen LogP contribution in [0.25, 0.3) is 0 Å². The Kier molecular flexibility index (Phi) is 1.98. The Morgan fingerprint density at radius 1 is 1.38 bits per heavy atom. The number of halogens is 1. The molecular formula is C8H6ClNO3. The summed E-state index contributed by atoms with van der Waals surface area (Å²) in [6.45, 7) is 0.215. The highest BCUT2D eigenvalue weighted by atomic mass is 35.5. The van der Waals surface area contributed by atoms with Crippen LogP contribution in [0.15, 0.2) is 23.4 Å². The van der Waals surface area contributed by atoms with E-state index in [1.165, 1.54) is 0 Å². The monoisotopic (exact) mass is 199 g/mol. The number of hydrogen-bond acceptors (Lipinski definition) is 4. The lowest BCUT2D eigenvalue weighted by molar-refractivity contribution is 0.174. The van der Waals surface area contributed by atoms with Gasteiger partial charge in [-0.2, -0.15) is 0 Å². The highest BCUT2D eigenvalue weighted by Gasteiger charge is 2.14. The van der Waals surface area contributed by atoms with Crippen molar-refractivity contribution in [1.82, 2.24) is 0 Å². The Labute approximate surface area is 79.3 Å². The molecule has 0 saturated carbocycles. The van der Waals surface area contributed by atoms with Crippen molar-refractivity contribution >= 4 is 16.8 Å². The van der Waals surface area contributed by atoms with Gasteiger partial charge in [-0.05, 0) is 18.2 Å². The maximum absolute atomic E-state index is 8.42. The molecule has 5 heteroatoms. The van der Waals surface area contributed by atoms with Gasteiger partial charge in [-0.15, -0.1) is 0 Å². The molecule has 0 amide bonds. The predicted octanol–water partition coefficient (Wildman–Crippen LogP) is 1.79. The molecule has 1 aromatic rings. The number of rotatable bonds is 1. The van der Waals surface area contributed by atoms with Gasteiger partial charge < -0.3 is 14.7 Å². The van der Waals surface area contributed by atoms with Crippen molar-refractivity contribution in [2.45, 2.75) is 0 Å². The van der Waals surface area contributed by atoms with Gasteiger partial charge in [-0.25, -0.2) is 0 Å². The van der Waals surface area contributed by atoms with E-state index in [1.807, 2.05) is 0 Å². The van der Waals surface area contributed by atoms with E-state index in [1.54, 1.807) is 18.2 Å². The van der Waals surface area contributed by atoms with E-state index in [0.717, 1.165) is 0 Å². The Balaban J connectivity index is 2.41. The van der Waals surface area contributed by atoms with Crippen molar-refractivity contribution in [3.63, 3.8) is 0 Å². The fourth-order valence-electron chi connectivity index (χ4n) is 1.08. The van der Waals surface area contributed by atoms with Crippen molar-refractivity contribution in [1.29, 1.82) is 0 Å². The first-order valence-corrected chi connectivity index (χ1v) is 3.96. The second-order valence-corrected chi connectivity index (χ2v) is 2.82. The summed E-state index contributed by atoms with van der Waals surface area (Å²) in [7, 11) is 0. The van der Waals surface area contributed by atoms with Gasteiger partial charge in [0.25, 0.3) is 0 Å². The first-order valence-electron chi connectivity index (χ1n) is 3.59. The zero-order chi connectivity index (χ0) is 9.26. The van der Waals surface area contributed by atoms with E-state index in [-0.39, 0.29) is 12.0 Å². The molecule has 68 valence electrons. The van der Waals surface area contributed by atoms with Gasteiger partial charge in [0.15, 0.2) is 16.7 Å². The largest absolute Gasteiger partial charge is 0.454 e. The number of ether oxygens (including phenoxy) is 2. The molecule has 1 N–H and O–H groups in total. The minimum atomic E-state index is 0.0262. The Hall–Kier alpha value is -1.42. The van der Waals surface area contributed by atoms with Gasteiger partial charge in [-0.1, -0.05) is 16.8 Å². The molecule has 1 aliphatic rings. The van der Waals surface area contributed by atoms with Crippen molar-refractivity contribution in [2.75, 3.05) is 6.79 Å². The summed E-state index contributed by atoms with van der Waals surface area (Å²) < 4.78 is 10.2. The zero-order valence-electron chi connectivity index (χ0n) is 6.53. The van der Waals surface area contributed by atoms with Crippen molar-refractivity contribution in [3.8, 4) is 11.5 Å². The summed E-state index contributed by atoms with van der Waals surface area (Å²) in [6.07, 6.45) is 0. The molecule has 0 spiro atoms. The lowest BCUT2D eigenvalue weighted by atomic mass is 10.2. The molecule has 0 unspecified atom stereocenters. The van der Waals surface area contributed by atoms with E-state index in [4.69, 9.17) is 26.3 Å². The fraction of sp³-hybridized carbons (Fsp3) is 0.125. The third-order valence-electron chi connectivity index (χ3n) is 1.70. The molecule has 1 heterocycles. The first-order chi connectivity index (χ1) is 6.31. The Morgan fingerprint density at radius 3 is 2.92 bits per heavy atom. The summed E-state index contributed by atoms with van der Waals surface area (Å²) in [4.78, 5) is 0. The summed E-state index contributed by atoms with van der Waals surface area (Å²) in [5.74, 6) is 1.28. The second kappa shape index (κ2) is 3.14. The summed E-state index contributed by atoms with van der Waals surface area (Å²) in [5, 5.41) is 11.3. The van der Waals surface area contributed by atoms with Gasteiger partial charge in [0.1, 0.15) is 0 Å². The molecule has 0 saturated heterocycles. The van der Waals surface area contributed by atoms with Crippen LogP contribution in [-0.4, -0.2) is 17.2 Å². The summed E-state index contributed by atoms with van der Waals surface area (Å²) >= 11 is 5.60. The van der Waals surface area contributed by atoms with E-state index in [0.29, 0.717) is 17.1 Å². The first kappa shape index (κ1) is 8.19. The minimum Gasteiger partial charge on any atom is -0.454 e. The average molecular weight is 200 g/mol. The molecule has 4 nitrogen and oxygen atoms in total. The molecule has 2 rings (SSSR count). The van der Waals surface area contributed by atoms with E-state index < -0.39 is 0 Å². The molecule has 1 aliphatic heterocycles. The van der Waals surface area contributed by atoms with Gasteiger partial charge >= 0.3 is 0 Å². The number of nitrogens with zero attached hydrogens (tertiary/aromatic N) is 1. The Bertz CT molecular complexity index is 364. The van der Waals surface area contributed by atoms with Gasteiger partial charge in [0, 0.05) is 5.56 Å². The van der Waals surface area contributed by atoms with E-state index in [9.17, 15) is 0 Å².